The smallest absolute Gasteiger partial charge is 0.230 e. The van der Waals surface area contributed by atoms with E-state index in [2.05, 4.69) is 33.4 Å². The van der Waals surface area contributed by atoms with Crippen molar-refractivity contribution in [3.05, 3.63) is 27.7 Å². The summed E-state index contributed by atoms with van der Waals surface area (Å²) in [4.78, 5) is 13.2. The molecule has 5 heteroatoms. The summed E-state index contributed by atoms with van der Waals surface area (Å²) >= 11 is 5.05. The van der Waals surface area contributed by atoms with E-state index in [4.69, 9.17) is 0 Å². The molecule has 0 bridgehead atoms. The number of thioether (sulfide) groups is 1. The number of carbonyl (C=O) groups excluding carboxylic acids is 1. The first kappa shape index (κ1) is 18.5. The van der Waals surface area contributed by atoms with Gasteiger partial charge in [-0.2, -0.15) is 0 Å². The van der Waals surface area contributed by atoms with E-state index in [-0.39, 0.29) is 12.5 Å². The van der Waals surface area contributed by atoms with E-state index in [1.807, 2.05) is 27.7 Å². The van der Waals surface area contributed by atoms with Crippen molar-refractivity contribution in [2.24, 2.45) is 0 Å². The van der Waals surface area contributed by atoms with Crippen molar-refractivity contribution in [1.29, 1.82) is 0 Å². The molecule has 0 aliphatic rings. The zero-order chi connectivity index (χ0) is 16.0. The Labute approximate surface area is 140 Å². The minimum absolute atomic E-state index is 0.0210. The van der Waals surface area contributed by atoms with Gasteiger partial charge in [-0.15, -0.1) is 11.8 Å². The van der Waals surface area contributed by atoms with Crippen molar-refractivity contribution in [3.63, 3.8) is 0 Å². The largest absolute Gasteiger partial charge is 0.394 e. The van der Waals surface area contributed by atoms with Crippen molar-refractivity contribution >= 4 is 33.6 Å². The zero-order valence-electron chi connectivity index (χ0n) is 13.1. The third-order valence-electron chi connectivity index (χ3n) is 3.88. The summed E-state index contributed by atoms with van der Waals surface area (Å²) in [7, 11) is 0. The number of aliphatic hydroxyl groups excluding tert-OH is 1. The van der Waals surface area contributed by atoms with Gasteiger partial charge in [-0.3, -0.25) is 4.79 Å². The Morgan fingerprint density at radius 1 is 1.29 bits per heavy atom. The Morgan fingerprint density at radius 2 is 1.90 bits per heavy atom. The van der Waals surface area contributed by atoms with Crippen LogP contribution in [0.25, 0.3) is 0 Å². The molecular formula is C16H24BrNO2S. The van der Waals surface area contributed by atoms with Gasteiger partial charge in [0.1, 0.15) is 0 Å². The number of aryl methyl sites for hydroxylation is 2. The minimum atomic E-state index is -0.484. The number of benzene rings is 1. The van der Waals surface area contributed by atoms with Gasteiger partial charge in [-0.1, -0.05) is 29.8 Å². The van der Waals surface area contributed by atoms with Crippen LogP contribution < -0.4 is 5.32 Å². The molecule has 1 aromatic rings. The van der Waals surface area contributed by atoms with E-state index in [0.29, 0.717) is 5.75 Å². The molecule has 21 heavy (non-hydrogen) atoms. The van der Waals surface area contributed by atoms with E-state index in [1.165, 1.54) is 11.8 Å². The first-order valence-corrected chi connectivity index (χ1v) is 8.96. The number of nitrogens with one attached hydrogen (secondary N) is 1. The molecule has 0 fully saturated rings. The highest BCUT2D eigenvalue weighted by molar-refractivity contribution is 9.10. The number of aliphatic hydroxyl groups is 1. The van der Waals surface area contributed by atoms with Crippen molar-refractivity contribution in [1.82, 2.24) is 5.32 Å². The quantitative estimate of drug-likeness (QED) is 0.714. The molecule has 1 aromatic carbocycles. The Balaban J connectivity index is 2.67. The monoisotopic (exact) mass is 373 g/mol. The van der Waals surface area contributed by atoms with Crippen molar-refractivity contribution in [3.8, 4) is 0 Å². The van der Waals surface area contributed by atoms with Crippen LogP contribution >= 0.6 is 27.7 Å². The molecule has 1 amide bonds. The van der Waals surface area contributed by atoms with Gasteiger partial charge < -0.3 is 10.4 Å². The van der Waals surface area contributed by atoms with E-state index in [9.17, 15) is 9.90 Å². The molecule has 0 spiro atoms. The lowest BCUT2D eigenvalue weighted by atomic mass is 9.94. The Hall–Kier alpha value is -0.520. The Bertz CT molecular complexity index is 493. The summed E-state index contributed by atoms with van der Waals surface area (Å²) < 4.78 is 1.09. The molecule has 0 aliphatic carbocycles. The zero-order valence-corrected chi connectivity index (χ0v) is 15.5. The molecule has 1 rings (SSSR count). The second kappa shape index (κ2) is 8.20. The van der Waals surface area contributed by atoms with Crippen molar-refractivity contribution < 1.29 is 9.90 Å². The van der Waals surface area contributed by atoms with Crippen LogP contribution in [0.4, 0.5) is 0 Å². The molecular weight excluding hydrogens is 350 g/mol. The van der Waals surface area contributed by atoms with Gasteiger partial charge in [0, 0.05) is 9.37 Å². The average Bonchev–Trinajstić information content (AvgIpc) is 2.47. The van der Waals surface area contributed by atoms with Gasteiger partial charge in [0.25, 0.3) is 0 Å². The summed E-state index contributed by atoms with van der Waals surface area (Å²) in [6, 6.07) is 4.17. The van der Waals surface area contributed by atoms with Gasteiger partial charge in [-0.05, 0) is 49.9 Å². The number of rotatable bonds is 7. The van der Waals surface area contributed by atoms with E-state index in [1.54, 1.807) is 0 Å². The molecule has 0 heterocycles. The van der Waals surface area contributed by atoms with Gasteiger partial charge >= 0.3 is 0 Å². The predicted molar refractivity (Wildman–Crippen MR) is 92.9 cm³/mol. The minimum Gasteiger partial charge on any atom is -0.394 e. The molecule has 0 atom stereocenters. The number of hydrogen-bond donors (Lipinski definition) is 2. The van der Waals surface area contributed by atoms with Crippen LogP contribution in [0.15, 0.2) is 21.5 Å². The highest BCUT2D eigenvalue weighted by Gasteiger charge is 2.26. The van der Waals surface area contributed by atoms with Crippen LogP contribution in [0, 0.1) is 13.8 Å². The molecule has 0 aliphatic heterocycles. The number of carbonyl (C=O) groups is 1. The van der Waals surface area contributed by atoms with Crippen molar-refractivity contribution in [2.75, 3.05) is 12.4 Å². The van der Waals surface area contributed by atoms with Crippen LogP contribution in [0.3, 0.4) is 0 Å². The van der Waals surface area contributed by atoms with Crippen LogP contribution in [0.2, 0.25) is 0 Å². The second-order valence-electron chi connectivity index (χ2n) is 5.35. The summed E-state index contributed by atoms with van der Waals surface area (Å²) in [5.41, 5.74) is 1.84. The van der Waals surface area contributed by atoms with Crippen LogP contribution in [0.1, 0.15) is 37.8 Å². The predicted octanol–water partition coefficient (Wildman–Crippen LogP) is 3.83. The standard InChI is InChI=1S/C16H24BrNO2S/c1-5-16(6-2,10-19)18-15(20)9-21-14-8-11(3)13(17)7-12(14)4/h7-8,19H,5-6,9-10H2,1-4H3,(H,18,20). The van der Waals surface area contributed by atoms with E-state index >= 15 is 0 Å². The fraction of sp³-hybridized carbons (Fsp3) is 0.562. The first-order valence-electron chi connectivity index (χ1n) is 7.19. The molecule has 0 saturated heterocycles. The second-order valence-corrected chi connectivity index (χ2v) is 7.22. The summed E-state index contributed by atoms with van der Waals surface area (Å²) in [6.45, 7) is 8.02. The summed E-state index contributed by atoms with van der Waals surface area (Å²) in [5.74, 6) is 0.335. The molecule has 0 aromatic heterocycles. The first-order chi connectivity index (χ1) is 9.87. The number of halogens is 1. The van der Waals surface area contributed by atoms with Crippen molar-refractivity contribution in [2.45, 2.75) is 51.0 Å². The van der Waals surface area contributed by atoms with Gasteiger partial charge in [0.2, 0.25) is 5.91 Å². The summed E-state index contributed by atoms with van der Waals surface area (Å²) in [5, 5.41) is 12.5. The summed E-state index contributed by atoms with van der Waals surface area (Å²) in [6.07, 6.45) is 1.46. The van der Waals surface area contributed by atoms with Gasteiger partial charge in [-0.25, -0.2) is 0 Å². The maximum absolute atomic E-state index is 12.1. The molecule has 0 unspecified atom stereocenters. The third kappa shape index (κ3) is 5.01. The van der Waals surface area contributed by atoms with Crippen LogP contribution in [0.5, 0.6) is 0 Å². The molecule has 3 nitrogen and oxygen atoms in total. The maximum atomic E-state index is 12.1. The lowest BCUT2D eigenvalue weighted by Gasteiger charge is -2.30. The molecule has 0 saturated carbocycles. The lowest BCUT2D eigenvalue weighted by Crippen LogP contribution is -2.51. The SMILES string of the molecule is CCC(CC)(CO)NC(=O)CSc1cc(C)c(Br)cc1C. The van der Waals surface area contributed by atoms with E-state index in [0.717, 1.165) is 33.3 Å². The van der Waals surface area contributed by atoms with E-state index < -0.39 is 5.54 Å². The lowest BCUT2D eigenvalue weighted by molar-refractivity contribution is -0.121. The van der Waals surface area contributed by atoms with Crippen LogP contribution in [-0.4, -0.2) is 28.9 Å². The highest BCUT2D eigenvalue weighted by Crippen LogP contribution is 2.28. The number of amides is 1. The fourth-order valence-corrected chi connectivity index (χ4v) is 3.44. The fourth-order valence-electron chi connectivity index (χ4n) is 2.08. The molecule has 2 N–H and O–H groups in total. The van der Waals surface area contributed by atoms with Gasteiger partial charge in [0.15, 0.2) is 0 Å². The van der Waals surface area contributed by atoms with Gasteiger partial charge in [0.05, 0.1) is 17.9 Å². The molecule has 0 radical (unpaired) electrons. The highest BCUT2D eigenvalue weighted by atomic mass is 79.9. The normalized spacial score (nSPS) is 11.5. The topological polar surface area (TPSA) is 49.3 Å². The third-order valence-corrected chi connectivity index (χ3v) is 5.89. The Morgan fingerprint density at radius 3 is 2.43 bits per heavy atom. The maximum Gasteiger partial charge on any atom is 0.230 e. The number of hydrogen-bond acceptors (Lipinski definition) is 3. The molecule has 118 valence electrons. The van der Waals surface area contributed by atoms with Crippen LogP contribution in [-0.2, 0) is 4.79 Å². The Kier molecular flexibility index (Phi) is 7.24. The average molecular weight is 374 g/mol.